The first-order valence-electron chi connectivity index (χ1n) is 7.35. The second kappa shape index (κ2) is 7.61. The highest BCUT2D eigenvalue weighted by Gasteiger charge is 2.15. The largest absolute Gasteiger partial charge is 0.342 e. The molecule has 2 nitrogen and oxygen atoms in total. The van der Waals surface area contributed by atoms with Crippen LogP contribution in [0.4, 0.5) is 5.69 Å². The molecule has 0 saturated carbocycles. The first-order chi connectivity index (χ1) is 10.5. The number of rotatable bonds is 4. The van der Waals surface area contributed by atoms with Crippen molar-refractivity contribution in [2.75, 3.05) is 5.32 Å². The molecule has 0 bridgehead atoms. The first-order valence-corrected chi connectivity index (χ1v) is 8.14. The van der Waals surface area contributed by atoms with Crippen LogP contribution in [-0.2, 0) is 6.54 Å². The van der Waals surface area contributed by atoms with Crippen LogP contribution in [-0.4, -0.2) is 16.1 Å². The summed E-state index contributed by atoms with van der Waals surface area (Å²) >= 11 is 11.8. The van der Waals surface area contributed by atoms with E-state index in [-0.39, 0.29) is 0 Å². The molecule has 2 aromatic carbocycles. The SMILES string of the molecule is Cc1c(Cl)cccc1NC(=S)N(Cc1ccccc1)C(C)C. The Bertz CT molecular complexity index is 641. The van der Waals surface area contributed by atoms with Gasteiger partial charge in [-0.25, -0.2) is 0 Å². The topological polar surface area (TPSA) is 15.3 Å². The summed E-state index contributed by atoms with van der Waals surface area (Å²) in [5.41, 5.74) is 3.20. The van der Waals surface area contributed by atoms with Crippen LogP contribution in [0.5, 0.6) is 0 Å². The molecule has 2 rings (SSSR count). The number of benzene rings is 2. The average Bonchev–Trinajstić information content (AvgIpc) is 2.50. The lowest BCUT2D eigenvalue weighted by Crippen LogP contribution is -2.39. The van der Waals surface area contributed by atoms with Gasteiger partial charge in [0.15, 0.2) is 5.11 Å². The van der Waals surface area contributed by atoms with Gasteiger partial charge in [0.1, 0.15) is 0 Å². The number of halogens is 1. The number of thiocarbonyl (C=S) groups is 1. The molecule has 0 fully saturated rings. The van der Waals surface area contributed by atoms with E-state index >= 15 is 0 Å². The summed E-state index contributed by atoms with van der Waals surface area (Å²) in [4.78, 5) is 2.17. The average molecular weight is 333 g/mol. The minimum absolute atomic E-state index is 0.305. The Morgan fingerprint density at radius 3 is 2.45 bits per heavy atom. The van der Waals surface area contributed by atoms with E-state index < -0.39 is 0 Å². The van der Waals surface area contributed by atoms with Gasteiger partial charge in [0.05, 0.1) is 0 Å². The van der Waals surface area contributed by atoms with Crippen molar-refractivity contribution in [1.29, 1.82) is 0 Å². The van der Waals surface area contributed by atoms with Crippen LogP contribution in [0.25, 0.3) is 0 Å². The van der Waals surface area contributed by atoms with Crippen molar-refractivity contribution in [2.24, 2.45) is 0 Å². The van der Waals surface area contributed by atoms with Crippen LogP contribution in [0.1, 0.15) is 25.0 Å². The zero-order valence-electron chi connectivity index (χ0n) is 13.1. The maximum absolute atomic E-state index is 6.17. The fourth-order valence-electron chi connectivity index (χ4n) is 2.20. The second-order valence-corrected chi connectivity index (χ2v) is 6.34. The van der Waals surface area contributed by atoms with E-state index in [0.29, 0.717) is 11.2 Å². The van der Waals surface area contributed by atoms with E-state index in [2.05, 4.69) is 36.2 Å². The van der Waals surface area contributed by atoms with E-state index in [9.17, 15) is 0 Å². The highest BCUT2D eigenvalue weighted by Crippen LogP contribution is 2.23. The van der Waals surface area contributed by atoms with E-state index in [1.165, 1.54) is 5.56 Å². The highest BCUT2D eigenvalue weighted by atomic mass is 35.5. The molecule has 0 aliphatic rings. The van der Waals surface area contributed by atoms with Crippen LogP contribution in [0.2, 0.25) is 5.02 Å². The van der Waals surface area contributed by atoms with Crippen molar-refractivity contribution in [3.8, 4) is 0 Å². The molecule has 0 radical (unpaired) electrons. The fourth-order valence-corrected chi connectivity index (χ4v) is 2.76. The highest BCUT2D eigenvalue weighted by molar-refractivity contribution is 7.80. The molecule has 0 aliphatic carbocycles. The molecule has 2 aromatic rings. The standard InChI is InChI=1S/C18H21ClN2S/c1-13(2)21(12-15-8-5-4-6-9-15)18(22)20-17-11-7-10-16(19)14(17)3/h4-11,13H,12H2,1-3H3,(H,20,22). The summed E-state index contributed by atoms with van der Waals surface area (Å²) in [6.07, 6.45) is 0. The van der Waals surface area contributed by atoms with Gasteiger partial charge in [0.2, 0.25) is 0 Å². The number of nitrogens with zero attached hydrogens (tertiary/aromatic N) is 1. The molecular weight excluding hydrogens is 312 g/mol. The normalized spacial score (nSPS) is 10.6. The molecule has 0 atom stereocenters. The van der Waals surface area contributed by atoms with Gasteiger partial charge in [-0.05, 0) is 56.2 Å². The van der Waals surface area contributed by atoms with Crippen molar-refractivity contribution in [2.45, 2.75) is 33.4 Å². The summed E-state index contributed by atoms with van der Waals surface area (Å²) in [6, 6.07) is 16.5. The van der Waals surface area contributed by atoms with E-state index in [1.54, 1.807) is 0 Å². The smallest absolute Gasteiger partial charge is 0.173 e. The molecule has 4 heteroatoms. The lowest BCUT2D eigenvalue weighted by Gasteiger charge is -2.30. The Labute approximate surface area is 143 Å². The van der Waals surface area contributed by atoms with Gasteiger partial charge < -0.3 is 10.2 Å². The van der Waals surface area contributed by atoms with E-state index in [0.717, 1.165) is 22.8 Å². The van der Waals surface area contributed by atoms with Crippen molar-refractivity contribution < 1.29 is 0 Å². The quantitative estimate of drug-likeness (QED) is 0.769. The monoisotopic (exact) mass is 332 g/mol. The summed E-state index contributed by atoms with van der Waals surface area (Å²) in [6.45, 7) is 7.05. The van der Waals surface area contributed by atoms with E-state index in [1.807, 2.05) is 43.3 Å². The van der Waals surface area contributed by atoms with Crippen LogP contribution in [0.3, 0.4) is 0 Å². The summed E-state index contributed by atoms with van der Waals surface area (Å²) in [7, 11) is 0. The number of hydrogen-bond donors (Lipinski definition) is 1. The molecule has 1 N–H and O–H groups in total. The lowest BCUT2D eigenvalue weighted by molar-refractivity contribution is 0.348. The third-order valence-corrected chi connectivity index (χ3v) is 4.34. The van der Waals surface area contributed by atoms with Crippen LogP contribution < -0.4 is 5.32 Å². The first kappa shape index (κ1) is 16.8. The molecule has 22 heavy (non-hydrogen) atoms. The third-order valence-electron chi connectivity index (χ3n) is 3.59. The maximum Gasteiger partial charge on any atom is 0.173 e. The number of hydrogen-bond acceptors (Lipinski definition) is 1. The Hall–Kier alpha value is -1.58. The van der Waals surface area contributed by atoms with Crippen molar-refractivity contribution in [3.05, 3.63) is 64.7 Å². The van der Waals surface area contributed by atoms with Gasteiger partial charge in [-0.15, -0.1) is 0 Å². The molecule has 0 aromatic heterocycles. The predicted molar refractivity (Wildman–Crippen MR) is 99.5 cm³/mol. The Morgan fingerprint density at radius 1 is 1.14 bits per heavy atom. The molecule has 116 valence electrons. The van der Waals surface area contributed by atoms with E-state index in [4.69, 9.17) is 23.8 Å². The van der Waals surface area contributed by atoms with Gasteiger partial charge in [-0.3, -0.25) is 0 Å². The predicted octanol–water partition coefficient (Wildman–Crippen LogP) is 5.26. The molecular formula is C18H21ClN2S. The van der Waals surface area contributed by atoms with Gasteiger partial charge in [0.25, 0.3) is 0 Å². The van der Waals surface area contributed by atoms with Crippen LogP contribution >= 0.6 is 23.8 Å². The maximum atomic E-state index is 6.17. The zero-order chi connectivity index (χ0) is 16.1. The lowest BCUT2D eigenvalue weighted by atomic mass is 10.2. The van der Waals surface area contributed by atoms with Gasteiger partial charge >= 0.3 is 0 Å². The third kappa shape index (κ3) is 4.21. The molecule has 0 aliphatic heterocycles. The Kier molecular flexibility index (Phi) is 5.81. The second-order valence-electron chi connectivity index (χ2n) is 5.55. The number of anilines is 1. The van der Waals surface area contributed by atoms with Gasteiger partial charge in [0, 0.05) is 23.3 Å². The molecule has 0 saturated heterocycles. The summed E-state index contributed by atoms with van der Waals surface area (Å²) in [5.74, 6) is 0. The molecule has 0 spiro atoms. The van der Waals surface area contributed by atoms with Crippen molar-refractivity contribution in [1.82, 2.24) is 4.90 Å². The van der Waals surface area contributed by atoms with Crippen molar-refractivity contribution in [3.63, 3.8) is 0 Å². The summed E-state index contributed by atoms with van der Waals surface area (Å²) < 4.78 is 0. The minimum Gasteiger partial charge on any atom is -0.342 e. The van der Waals surface area contributed by atoms with Gasteiger partial charge in [-0.1, -0.05) is 48.0 Å². The summed E-state index contributed by atoms with van der Waals surface area (Å²) in [5, 5.41) is 4.78. The van der Waals surface area contributed by atoms with Crippen LogP contribution in [0, 0.1) is 6.92 Å². The molecule has 0 heterocycles. The van der Waals surface area contributed by atoms with Crippen LogP contribution in [0.15, 0.2) is 48.5 Å². The Morgan fingerprint density at radius 2 is 1.82 bits per heavy atom. The minimum atomic E-state index is 0.305. The van der Waals surface area contributed by atoms with Gasteiger partial charge in [-0.2, -0.15) is 0 Å². The Balaban J connectivity index is 2.15. The van der Waals surface area contributed by atoms with Crippen molar-refractivity contribution >= 4 is 34.6 Å². The zero-order valence-corrected chi connectivity index (χ0v) is 14.7. The fraction of sp³-hybridized carbons (Fsp3) is 0.278. The number of nitrogens with one attached hydrogen (secondary N) is 1. The molecule has 0 unspecified atom stereocenters. The molecule has 0 amide bonds.